The van der Waals surface area contributed by atoms with E-state index >= 15 is 0 Å². The van der Waals surface area contributed by atoms with Gasteiger partial charge in [-0.3, -0.25) is 18.7 Å². The van der Waals surface area contributed by atoms with Gasteiger partial charge in [0, 0.05) is 33.1 Å². The van der Waals surface area contributed by atoms with Crippen molar-refractivity contribution in [2.75, 3.05) is 18.8 Å². The number of likely N-dealkylation sites (tertiary alicyclic amines) is 1. The van der Waals surface area contributed by atoms with Gasteiger partial charge in [0.1, 0.15) is 16.2 Å². The van der Waals surface area contributed by atoms with Crippen LogP contribution in [0.2, 0.25) is 0 Å². The number of aryl methyl sites for hydroxylation is 1. The number of amides is 1. The maximum atomic E-state index is 12.7. The first-order valence-corrected chi connectivity index (χ1v) is 9.84. The molecule has 138 valence electrons. The Balaban J connectivity index is 1.77. The number of fused-ring (bicyclic) bond motifs is 1. The smallest absolute Gasteiger partial charge is 0.332 e. The molecule has 2 fully saturated rings. The molecule has 1 amide bonds. The summed E-state index contributed by atoms with van der Waals surface area (Å²) >= 11 is 1.27. The number of nitrogens with zero attached hydrogens (tertiary/aromatic N) is 5. The molecule has 9 heteroatoms. The Kier molecular flexibility index (Phi) is 4.34. The van der Waals surface area contributed by atoms with Crippen LogP contribution in [-0.2, 0) is 18.9 Å². The lowest BCUT2D eigenvalue weighted by molar-refractivity contribution is -0.127. The number of hydrogen-bond acceptors (Lipinski definition) is 6. The van der Waals surface area contributed by atoms with E-state index in [1.165, 1.54) is 23.4 Å². The van der Waals surface area contributed by atoms with Crippen molar-refractivity contribution in [1.82, 2.24) is 24.0 Å². The average molecular weight is 375 g/mol. The summed E-state index contributed by atoms with van der Waals surface area (Å²) in [5, 5.41) is 0.818. The molecular formula is C17H21N5O3S. The molecule has 2 aromatic heterocycles. The number of thioether (sulfide) groups is 1. The number of aromatic nitrogens is 4. The Labute approximate surface area is 154 Å². The van der Waals surface area contributed by atoms with Gasteiger partial charge in [-0.15, -0.1) is 0 Å². The van der Waals surface area contributed by atoms with Crippen LogP contribution in [0.25, 0.3) is 11.0 Å². The quantitative estimate of drug-likeness (QED) is 0.575. The third-order valence-electron chi connectivity index (χ3n) is 5.02. The monoisotopic (exact) mass is 375 g/mol. The van der Waals surface area contributed by atoms with Crippen molar-refractivity contribution in [3.63, 3.8) is 0 Å². The average Bonchev–Trinajstić information content (AvgIpc) is 3.35. The number of hydrogen-bond donors (Lipinski definition) is 0. The lowest BCUT2D eigenvalue weighted by Crippen LogP contribution is -2.38. The van der Waals surface area contributed by atoms with E-state index in [9.17, 15) is 14.4 Å². The fourth-order valence-electron chi connectivity index (χ4n) is 3.26. The normalized spacial score (nSPS) is 17.2. The van der Waals surface area contributed by atoms with Crippen LogP contribution in [0.1, 0.15) is 37.4 Å². The first-order chi connectivity index (χ1) is 12.5. The van der Waals surface area contributed by atoms with E-state index < -0.39 is 11.2 Å². The van der Waals surface area contributed by atoms with Crippen molar-refractivity contribution >= 4 is 28.7 Å². The van der Waals surface area contributed by atoms with E-state index in [-0.39, 0.29) is 17.6 Å². The van der Waals surface area contributed by atoms with Crippen molar-refractivity contribution in [2.45, 2.75) is 36.6 Å². The van der Waals surface area contributed by atoms with Crippen molar-refractivity contribution < 1.29 is 4.79 Å². The van der Waals surface area contributed by atoms with E-state index in [1.807, 2.05) is 4.90 Å². The van der Waals surface area contributed by atoms with E-state index in [2.05, 4.69) is 9.97 Å². The molecule has 1 saturated heterocycles. The Bertz CT molecular complexity index is 1000. The Morgan fingerprint density at radius 1 is 1.12 bits per heavy atom. The molecule has 0 N–H and O–H groups in total. The molecule has 8 nitrogen and oxygen atoms in total. The van der Waals surface area contributed by atoms with Gasteiger partial charge >= 0.3 is 5.69 Å². The summed E-state index contributed by atoms with van der Waals surface area (Å²) in [6.45, 7) is 1.60. The first-order valence-electron chi connectivity index (χ1n) is 8.85. The molecule has 0 bridgehead atoms. The highest BCUT2D eigenvalue weighted by molar-refractivity contribution is 8.00. The van der Waals surface area contributed by atoms with Crippen molar-refractivity contribution in [3.05, 3.63) is 26.7 Å². The second-order valence-corrected chi connectivity index (χ2v) is 7.91. The molecular weight excluding hydrogens is 354 g/mol. The highest BCUT2D eigenvalue weighted by Gasteiger charge is 2.29. The van der Waals surface area contributed by atoms with E-state index in [0.29, 0.717) is 21.9 Å². The third kappa shape index (κ3) is 2.94. The topological polar surface area (TPSA) is 90.1 Å². The molecule has 0 spiro atoms. The predicted octanol–water partition coefficient (Wildman–Crippen LogP) is 0.619. The minimum atomic E-state index is -0.415. The van der Waals surface area contributed by atoms with Gasteiger partial charge in [-0.1, -0.05) is 11.8 Å². The molecule has 1 saturated carbocycles. The van der Waals surface area contributed by atoms with Crippen LogP contribution in [0.5, 0.6) is 0 Å². The fraction of sp³-hybridized carbons (Fsp3) is 0.588. The van der Waals surface area contributed by atoms with Gasteiger partial charge in [0.2, 0.25) is 5.91 Å². The SMILES string of the molecule is Cn1c(=O)c2c(SCC(=O)N3CCCC3)nc(C3CC3)nc2n(C)c1=O. The van der Waals surface area contributed by atoms with Crippen LogP contribution < -0.4 is 11.2 Å². The number of rotatable bonds is 4. The molecule has 0 unspecified atom stereocenters. The van der Waals surface area contributed by atoms with Gasteiger partial charge in [0.25, 0.3) is 5.56 Å². The lowest BCUT2D eigenvalue weighted by Gasteiger charge is -2.15. The Hall–Kier alpha value is -2.16. The molecule has 4 rings (SSSR count). The van der Waals surface area contributed by atoms with Gasteiger partial charge in [-0.25, -0.2) is 14.8 Å². The van der Waals surface area contributed by atoms with E-state index in [4.69, 9.17) is 0 Å². The molecule has 0 atom stereocenters. The zero-order valence-corrected chi connectivity index (χ0v) is 15.7. The third-order valence-corrected chi connectivity index (χ3v) is 5.98. The van der Waals surface area contributed by atoms with Gasteiger partial charge in [-0.05, 0) is 25.7 Å². The van der Waals surface area contributed by atoms with Gasteiger partial charge in [0.05, 0.1) is 5.75 Å². The summed E-state index contributed by atoms with van der Waals surface area (Å²) in [5.74, 6) is 1.25. The second-order valence-electron chi connectivity index (χ2n) is 6.94. The lowest BCUT2D eigenvalue weighted by atomic mass is 10.3. The van der Waals surface area contributed by atoms with Crippen molar-refractivity contribution in [1.29, 1.82) is 0 Å². The van der Waals surface area contributed by atoms with Gasteiger partial charge in [-0.2, -0.15) is 0 Å². The molecule has 2 aliphatic rings. The van der Waals surface area contributed by atoms with Crippen molar-refractivity contribution in [2.24, 2.45) is 14.1 Å². The molecule has 0 aromatic carbocycles. The van der Waals surface area contributed by atoms with Crippen LogP contribution in [0.4, 0.5) is 0 Å². The minimum absolute atomic E-state index is 0.0638. The standard InChI is InChI=1S/C17H21N5O3S/c1-20-14-12(16(24)21(2)17(20)25)15(19-13(18-14)10-5-6-10)26-9-11(23)22-7-3-4-8-22/h10H,3-9H2,1-2H3. The predicted molar refractivity (Wildman–Crippen MR) is 98.5 cm³/mol. The minimum Gasteiger partial charge on any atom is -0.342 e. The van der Waals surface area contributed by atoms with E-state index in [0.717, 1.165) is 43.3 Å². The zero-order chi connectivity index (χ0) is 18.4. The van der Waals surface area contributed by atoms with Crippen LogP contribution in [0, 0.1) is 0 Å². The highest BCUT2D eigenvalue weighted by Crippen LogP contribution is 2.39. The number of carbonyl (C=O) groups is 1. The van der Waals surface area contributed by atoms with Crippen LogP contribution in [0.15, 0.2) is 14.6 Å². The van der Waals surface area contributed by atoms with Crippen LogP contribution >= 0.6 is 11.8 Å². The highest BCUT2D eigenvalue weighted by atomic mass is 32.2. The van der Waals surface area contributed by atoms with Crippen LogP contribution in [-0.4, -0.2) is 48.8 Å². The molecule has 26 heavy (non-hydrogen) atoms. The molecule has 1 aliphatic carbocycles. The summed E-state index contributed by atoms with van der Waals surface area (Å²) in [6.07, 6.45) is 4.12. The summed E-state index contributed by atoms with van der Waals surface area (Å²) in [5.41, 5.74) is -0.472. The maximum absolute atomic E-state index is 12.7. The summed E-state index contributed by atoms with van der Waals surface area (Å²) in [6, 6.07) is 0. The first kappa shape index (κ1) is 17.3. The fourth-order valence-corrected chi connectivity index (χ4v) is 4.19. The molecule has 0 radical (unpaired) electrons. The maximum Gasteiger partial charge on any atom is 0.332 e. The van der Waals surface area contributed by atoms with E-state index in [1.54, 1.807) is 7.05 Å². The Morgan fingerprint density at radius 3 is 2.46 bits per heavy atom. The van der Waals surface area contributed by atoms with Gasteiger partial charge in [0.15, 0.2) is 5.65 Å². The number of carbonyl (C=O) groups excluding carboxylic acids is 1. The van der Waals surface area contributed by atoms with Crippen molar-refractivity contribution in [3.8, 4) is 0 Å². The summed E-state index contributed by atoms with van der Waals surface area (Å²) in [4.78, 5) is 48.2. The van der Waals surface area contributed by atoms with Crippen LogP contribution in [0.3, 0.4) is 0 Å². The Morgan fingerprint density at radius 2 is 1.81 bits per heavy atom. The summed E-state index contributed by atoms with van der Waals surface area (Å²) < 4.78 is 2.45. The second kappa shape index (κ2) is 6.53. The molecule has 2 aromatic rings. The summed E-state index contributed by atoms with van der Waals surface area (Å²) in [7, 11) is 3.06. The molecule has 1 aliphatic heterocycles. The molecule has 3 heterocycles. The zero-order valence-electron chi connectivity index (χ0n) is 14.9. The largest absolute Gasteiger partial charge is 0.342 e. The van der Waals surface area contributed by atoms with Gasteiger partial charge < -0.3 is 4.90 Å².